The van der Waals surface area contributed by atoms with Crippen LogP contribution in [0.4, 0.5) is 0 Å². The number of unbranched alkanes of at least 4 members (excludes halogenated alkanes) is 9. The SMILES string of the molecule is CCCCCCCCCCCCc1cc(CO)c(CO)s1. The zero-order valence-corrected chi connectivity index (χ0v) is 14.4. The summed E-state index contributed by atoms with van der Waals surface area (Å²) in [4.78, 5) is 2.24. The first kappa shape index (κ1) is 18.7. The fraction of sp³-hybridized carbons (Fsp3) is 0.778. The molecule has 0 atom stereocenters. The summed E-state index contributed by atoms with van der Waals surface area (Å²) in [5.41, 5.74) is 0.907. The average molecular weight is 313 g/mol. The molecule has 0 fully saturated rings. The van der Waals surface area contributed by atoms with Crippen molar-refractivity contribution < 1.29 is 10.2 Å². The molecule has 0 amide bonds. The van der Waals surface area contributed by atoms with Gasteiger partial charge in [0.2, 0.25) is 0 Å². The van der Waals surface area contributed by atoms with Crippen molar-refractivity contribution in [3.63, 3.8) is 0 Å². The zero-order valence-electron chi connectivity index (χ0n) is 13.6. The molecule has 1 rings (SSSR count). The second-order valence-corrected chi connectivity index (χ2v) is 7.13. The Morgan fingerprint density at radius 2 is 1.38 bits per heavy atom. The van der Waals surface area contributed by atoms with Crippen LogP contribution >= 0.6 is 11.3 Å². The maximum atomic E-state index is 9.21. The maximum absolute atomic E-state index is 9.21. The summed E-state index contributed by atoms with van der Waals surface area (Å²) in [5, 5.41) is 18.4. The highest BCUT2D eigenvalue weighted by molar-refractivity contribution is 7.12. The molecular weight excluding hydrogens is 280 g/mol. The second kappa shape index (κ2) is 12.2. The Kier molecular flexibility index (Phi) is 10.8. The van der Waals surface area contributed by atoms with Crippen LogP contribution in [-0.4, -0.2) is 10.2 Å². The molecule has 0 aromatic carbocycles. The van der Waals surface area contributed by atoms with Gasteiger partial charge in [-0.25, -0.2) is 0 Å². The minimum absolute atomic E-state index is 0.0461. The van der Waals surface area contributed by atoms with Crippen molar-refractivity contribution in [2.45, 2.75) is 90.8 Å². The van der Waals surface area contributed by atoms with Gasteiger partial charge in [0.15, 0.2) is 0 Å². The molecule has 0 saturated heterocycles. The number of aryl methyl sites for hydroxylation is 1. The maximum Gasteiger partial charge on any atom is 0.0778 e. The standard InChI is InChI=1S/C18H32O2S/c1-2-3-4-5-6-7-8-9-10-11-12-17-13-16(14-19)18(15-20)21-17/h13,19-20H,2-12,14-15H2,1H3. The van der Waals surface area contributed by atoms with Crippen molar-refractivity contribution >= 4 is 11.3 Å². The van der Waals surface area contributed by atoms with E-state index < -0.39 is 0 Å². The minimum Gasteiger partial charge on any atom is -0.392 e. The molecule has 1 aromatic rings. The van der Waals surface area contributed by atoms with E-state index in [1.807, 2.05) is 0 Å². The van der Waals surface area contributed by atoms with E-state index in [2.05, 4.69) is 13.0 Å². The smallest absolute Gasteiger partial charge is 0.0778 e. The van der Waals surface area contributed by atoms with Crippen LogP contribution in [0.25, 0.3) is 0 Å². The van der Waals surface area contributed by atoms with Crippen molar-refractivity contribution in [3.05, 3.63) is 21.4 Å². The number of hydrogen-bond donors (Lipinski definition) is 2. The molecule has 21 heavy (non-hydrogen) atoms. The van der Waals surface area contributed by atoms with E-state index in [0.717, 1.165) is 16.9 Å². The predicted molar refractivity (Wildman–Crippen MR) is 91.7 cm³/mol. The van der Waals surface area contributed by atoms with E-state index in [1.165, 1.54) is 69.1 Å². The van der Waals surface area contributed by atoms with Crippen LogP contribution in [-0.2, 0) is 19.6 Å². The van der Waals surface area contributed by atoms with Crippen LogP contribution in [0.5, 0.6) is 0 Å². The molecule has 2 nitrogen and oxygen atoms in total. The highest BCUT2D eigenvalue weighted by Gasteiger charge is 2.07. The van der Waals surface area contributed by atoms with Gasteiger partial charge in [0.1, 0.15) is 0 Å². The molecule has 0 unspecified atom stereocenters. The third-order valence-corrected chi connectivity index (χ3v) is 5.26. The quantitative estimate of drug-likeness (QED) is 0.492. The third-order valence-electron chi connectivity index (χ3n) is 4.04. The normalized spacial score (nSPS) is 11.2. The number of thiophene rings is 1. The van der Waals surface area contributed by atoms with E-state index in [9.17, 15) is 10.2 Å². The predicted octanol–water partition coefficient (Wildman–Crippen LogP) is 5.20. The van der Waals surface area contributed by atoms with Crippen molar-refractivity contribution in [2.24, 2.45) is 0 Å². The molecule has 2 N–H and O–H groups in total. The average Bonchev–Trinajstić information content (AvgIpc) is 2.91. The van der Waals surface area contributed by atoms with Crippen LogP contribution in [0.2, 0.25) is 0 Å². The summed E-state index contributed by atoms with van der Waals surface area (Å²) in [7, 11) is 0. The van der Waals surface area contributed by atoms with E-state index in [4.69, 9.17) is 0 Å². The first-order valence-corrected chi connectivity index (χ1v) is 9.45. The first-order valence-electron chi connectivity index (χ1n) is 8.64. The van der Waals surface area contributed by atoms with Crippen LogP contribution in [0.1, 0.15) is 86.4 Å². The fourth-order valence-electron chi connectivity index (χ4n) is 2.71. The number of aliphatic hydroxyl groups excluding tert-OH is 2. The van der Waals surface area contributed by atoms with Crippen molar-refractivity contribution in [1.29, 1.82) is 0 Å². The van der Waals surface area contributed by atoms with E-state index >= 15 is 0 Å². The zero-order chi connectivity index (χ0) is 15.3. The Morgan fingerprint density at radius 1 is 0.810 bits per heavy atom. The van der Waals surface area contributed by atoms with E-state index in [1.54, 1.807) is 11.3 Å². The number of aliphatic hydroxyl groups is 2. The van der Waals surface area contributed by atoms with Crippen molar-refractivity contribution in [1.82, 2.24) is 0 Å². The van der Waals surface area contributed by atoms with Gasteiger partial charge in [-0.3, -0.25) is 0 Å². The van der Waals surface area contributed by atoms with Crippen molar-refractivity contribution in [2.75, 3.05) is 0 Å². The lowest BCUT2D eigenvalue weighted by molar-refractivity contribution is 0.263. The van der Waals surface area contributed by atoms with E-state index in [-0.39, 0.29) is 13.2 Å². The molecule has 0 spiro atoms. The molecule has 0 aliphatic heterocycles. The molecule has 0 radical (unpaired) electrons. The first-order chi connectivity index (χ1) is 10.3. The van der Waals surface area contributed by atoms with Crippen LogP contribution < -0.4 is 0 Å². The minimum atomic E-state index is 0.0461. The van der Waals surface area contributed by atoms with Gasteiger partial charge in [0.25, 0.3) is 0 Å². The van der Waals surface area contributed by atoms with Crippen molar-refractivity contribution in [3.8, 4) is 0 Å². The molecule has 122 valence electrons. The van der Waals surface area contributed by atoms with E-state index in [0.29, 0.717) is 0 Å². The van der Waals surface area contributed by atoms with Crippen LogP contribution in [0.15, 0.2) is 6.07 Å². The molecule has 1 aromatic heterocycles. The topological polar surface area (TPSA) is 40.5 Å². The highest BCUT2D eigenvalue weighted by Crippen LogP contribution is 2.24. The van der Waals surface area contributed by atoms with Gasteiger partial charge < -0.3 is 10.2 Å². The van der Waals surface area contributed by atoms with Gasteiger partial charge in [0, 0.05) is 9.75 Å². The Labute approximate surface area is 134 Å². The second-order valence-electron chi connectivity index (χ2n) is 5.91. The lowest BCUT2D eigenvalue weighted by Crippen LogP contribution is -1.85. The monoisotopic (exact) mass is 312 g/mol. The van der Waals surface area contributed by atoms with Crippen LogP contribution in [0, 0.1) is 0 Å². The Bertz CT molecular complexity index is 339. The van der Waals surface area contributed by atoms with Crippen LogP contribution in [0.3, 0.4) is 0 Å². The summed E-state index contributed by atoms with van der Waals surface area (Å²) < 4.78 is 0. The Balaban J connectivity index is 2.00. The summed E-state index contributed by atoms with van der Waals surface area (Å²) in [6.07, 6.45) is 14.7. The molecule has 0 saturated carbocycles. The fourth-order valence-corrected chi connectivity index (χ4v) is 3.79. The molecule has 0 aliphatic carbocycles. The molecule has 3 heteroatoms. The summed E-state index contributed by atoms with van der Waals surface area (Å²) in [5.74, 6) is 0. The summed E-state index contributed by atoms with van der Waals surface area (Å²) >= 11 is 1.65. The molecule has 0 bridgehead atoms. The number of hydrogen-bond acceptors (Lipinski definition) is 3. The molecule has 0 aliphatic rings. The van der Waals surface area contributed by atoms with Gasteiger partial charge in [-0.2, -0.15) is 0 Å². The van der Waals surface area contributed by atoms with Gasteiger partial charge in [-0.15, -0.1) is 11.3 Å². The Hall–Kier alpha value is -0.380. The largest absolute Gasteiger partial charge is 0.392 e. The lowest BCUT2D eigenvalue weighted by Gasteiger charge is -2.01. The van der Waals surface area contributed by atoms with Gasteiger partial charge in [-0.1, -0.05) is 64.7 Å². The van der Waals surface area contributed by atoms with Gasteiger partial charge >= 0.3 is 0 Å². The highest BCUT2D eigenvalue weighted by atomic mass is 32.1. The lowest BCUT2D eigenvalue weighted by atomic mass is 10.1. The third kappa shape index (κ3) is 7.98. The summed E-state index contributed by atoms with van der Waals surface area (Å²) in [6, 6.07) is 2.06. The molecular formula is C18H32O2S. The summed E-state index contributed by atoms with van der Waals surface area (Å²) in [6.45, 7) is 2.36. The number of rotatable bonds is 13. The van der Waals surface area contributed by atoms with Gasteiger partial charge in [-0.05, 0) is 24.5 Å². The van der Waals surface area contributed by atoms with Gasteiger partial charge in [0.05, 0.1) is 13.2 Å². The Morgan fingerprint density at radius 3 is 1.86 bits per heavy atom. The molecule has 1 heterocycles.